The quantitative estimate of drug-likeness (QED) is 0.468. The summed E-state index contributed by atoms with van der Waals surface area (Å²) in [7, 11) is 1.52. The fraction of sp³-hybridized carbons (Fsp3) is 0.176. The summed E-state index contributed by atoms with van der Waals surface area (Å²) < 4.78 is 10.0. The molecule has 9 heteroatoms. The Morgan fingerprint density at radius 1 is 1.19 bits per heavy atom. The van der Waals surface area contributed by atoms with E-state index in [0.29, 0.717) is 11.4 Å². The van der Waals surface area contributed by atoms with Crippen LogP contribution in [0.4, 0.5) is 11.4 Å². The van der Waals surface area contributed by atoms with Crippen molar-refractivity contribution in [3.8, 4) is 5.75 Å². The molecule has 2 aromatic carbocycles. The summed E-state index contributed by atoms with van der Waals surface area (Å²) in [4.78, 5) is 34.6. The maximum absolute atomic E-state index is 12.2. The molecule has 8 nitrogen and oxygen atoms in total. The van der Waals surface area contributed by atoms with Gasteiger partial charge in [0.15, 0.2) is 6.10 Å². The zero-order valence-corrected chi connectivity index (χ0v) is 14.6. The Bertz CT molecular complexity index is 838. The number of esters is 1. The topological polar surface area (TPSA) is 108 Å². The van der Waals surface area contributed by atoms with E-state index in [0.717, 1.165) is 6.07 Å². The number of nitrogens with one attached hydrogen (secondary N) is 1. The number of nitro groups is 1. The highest BCUT2D eigenvalue weighted by Gasteiger charge is 2.25. The van der Waals surface area contributed by atoms with Gasteiger partial charge in [0.1, 0.15) is 11.3 Å². The molecule has 0 fully saturated rings. The summed E-state index contributed by atoms with van der Waals surface area (Å²) in [6.45, 7) is 1.36. The van der Waals surface area contributed by atoms with Gasteiger partial charge in [0.2, 0.25) is 0 Å². The number of amides is 1. The number of halogens is 1. The summed E-state index contributed by atoms with van der Waals surface area (Å²) in [6, 6.07) is 10.1. The lowest BCUT2D eigenvalue weighted by Gasteiger charge is -2.14. The van der Waals surface area contributed by atoms with E-state index >= 15 is 0 Å². The molecule has 0 bridgehead atoms. The maximum atomic E-state index is 12.2. The molecule has 0 aromatic heterocycles. The Morgan fingerprint density at radius 3 is 2.42 bits per heavy atom. The molecule has 2 rings (SSSR count). The molecule has 0 saturated carbocycles. The zero-order chi connectivity index (χ0) is 19.3. The predicted molar refractivity (Wildman–Crippen MR) is 94.6 cm³/mol. The van der Waals surface area contributed by atoms with Crippen LogP contribution in [0.25, 0.3) is 0 Å². The number of carbonyl (C=O) groups excluding carboxylic acids is 2. The average Bonchev–Trinajstić information content (AvgIpc) is 2.61. The van der Waals surface area contributed by atoms with Gasteiger partial charge in [-0.1, -0.05) is 11.6 Å². The van der Waals surface area contributed by atoms with Gasteiger partial charge in [0, 0.05) is 16.8 Å². The van der Waals surface area contributed by atoms with Crippen molar-refractivity contribution in [3.63, 3.8) is 0 Å². The maximum Gasteiger partial charge on any atom is 0.345 e. The van der Waals surface area contributed by atoms with E-state index in [1.165, 1.54) is 26.2 Å². The molecule has 1 amide bonds. The molecular weight excluding hydrogens is 364 g/mol. The van der Waals surface area contributed by atoms with E-state index in [4.69, 9.17) is 21.1 Å². The number of anilines is 1. The van der Waals surface area contributed by atoms with E-state index in [1.807, 2.05) is 0 Å². The Hall–Kier alpha value is -3.13. The number of hydrogen-bond acceptors (Lipinski definition) is 6. The zero-order valence-electron chi connectivity index (χ0n) is 13.9. The minimum absolute atomic E-state index is 0.110. The van der Waals surface area contributed by atoms with Crippen LogP contribution in [0.3, 0.4) is 0 Å². The smallest absolute Gasteiger partial charge is 0.345 e. The molecule has 26 heavy (non-hydrogen) atoms. The number of nitrogens with zero attached hydrogens (tertiary/aromatic N) is 1. The molecule has 0 radical (unpaired) electrons. The first-order valence-electron chi connectivity index (χ1n) is 7.41. The number of ether oxygens (including phenoxy) is 2. The number of hydrogen-bond donors (Lipinski definition) is 1. The second-order valence-electron chi connectivity index (χ2n) is 5.18. The van der Waals surface area contributed by atoms with E-state index in [2.05, 4.69) is 5.32 Å². The Kier molecular flexibility index (Phi) is 6.13. The lowest BCUT2D eigenvalue weighted by Crippen LogP contribution is -2.30. The van der Waals surface area contributed by atoms with Gasteiger partial charge in [-0.2, -0.15) is 0 Å². The second kappa shape index (κ2) is 8.30. The predicted octanol–water partition coefficient (Wildman–Crippen LogP) is 3.44. The molecule has 1 unspecified atom stereocenters. The average molecular weight is 379 g/mol. The van der Waals surface area contributed by atoms with Crippen LogP contribution in [0.1, 0.15) is 17.3 Å². The van der Waals surface area contributed by atoms with E-state index in [9.17, 15) is 19.7 Å². The summed E-state index contributed by atoms with van der Waals surface area (Å²) in [6.07, 6.45) is -1.17. The molecule has 0 saturated heterocycles. The molecule has 136 valence electrons. The molecule has 2 aromatic rings. The minimum Gasteiger partial charge on any atom is -0.497 e. The van der Waals surface area contributed by atoms with Gasteiger partial charge in [-0.15, -0.1) is 0 Å². The van der Waals surface area contributed by atoms with Crippen LogP contribution in [-0.4, -0.2) is 30.0 Å². The van der Waals surface area contributed by atoms with Gasteiger partial charge in [-0.3, -0.25) is 14.9 Å². The monoisotopic (exact) mass is 378 g/mol. The summed E-state index contributed by atoms with van der Waals surface area (Å²) in [5.74, 6) is -0.955. The van der Waals surface area contributed by atoms with Crippen molar-refractivity contribution in [3.05, 3.63) is 63.2 Å². The molecule has 0 heterocycles. The van der Waals surface area contributed by atoms with Crippen molar-refractivity contribution in [1.29, 1.82) is 0 Å². The number of benzene rings is 2. The van der Waals surface area contributed by atoms with Crippen LogP contribution < -0.4 is 10.1 Å². The largest absolute Gasteiger partial charge is 0.497 e. The number of carbonyl (C=O) groups is 2. The number of rotatable bonds is 6. The summed E-state index contributed by atoms with van der Waals surface area (Å²) >= 11 is 5.70. The molecule has 1 atom stereocenters. The van der Waals surface area contributed by atoms with E-state index in [-0.39, 0.29) is 10.6 Å². The third-order valence-corrected chi connectivity index (χ3v) is 3.62. The fourth-order valence-corrected chi connectivity index (χ4v) is 2.19. The molecule has 0 spiro atoms. The minimum atomic E-state index is -1.17. The van der Waals surface area contributed by atoms with Crippen molar-refractivity contribution in [1.82, 2.24) is 0 Å². The molecule has 0 aliphatic rings. The van der Waals surface area contributed by atoms with Gasteiger partial charge in [0.25, 0.3) is 11.6 Å². The highest BCUT2D eigenvalue weighted by Crippen LogP contribution is 2.24. The van der Waals surface area contributed by atoms with Gasteiger partial charge < -0.3 is 14.8 Å². The van der Waals surface area contributed by atoms with Crippen molar-refractivity contribution < 1.29 is 24.0 Å². The molecular formula is C17H15ClN2O6. The van der Waals surface area contributed by atoms with Crippen LogP contribution in [0, 0.1) is 10.1 Å². The molecule has 0 aliphatic carbocycles. The van der Waals surface area contributed by atoms with Crippen LogP contribution >= 0.6 is 11.6 Å². The van der Waals surface area contributed by atoms with Crippen LogP contribution in [-0.2, 0) is 9.53 Å². The van der Waals surface area contributed by atoms with Crippen LogP contribution in [0.2, 0.25) is 5.02 Å². The Balaban J connectivity index is 2.06. The first-order chi connectivity index (χ1) is 12.3. The Labute approximate surface area is 153 Å². The molecule has 0 aliphatic heterocycles. The van der Waals surface area contributed by atoms with Crippen molar-refractivity contribution >= 4 is 34.9 Å². The van der Waals surface area contributed by atoms with Crippen molar-refractivity contribution in [2.45, 2.75) is 13.0 Å². The number of nitro benzene ring substituents is 1. The lowest BCUT2D eigenvalue weighted by molar-refractivity contribution is -0.385. The third-order valence-electron chi connectivity index (χ3n) is 3.39. The van der Waals surface area contributed by atoms with Crippen LogP contribution in [0.5, 0.6) is 5.75 Å². The van der Waals surface area contributed by atoms with Gasteiger partial charge in [-0.25, -0.2) is 4.79 Å². The summed E-state index contributed by atoms with van der Waals surface area (Å²) in [5, 5.41) is 13.7. The highest BCUT2D eigenvalue weighted by atomic mass is 35.5. The Morgan fingerprint density at radius 2 is 1.85 bits per heavy atom. The molecule has 1 N–H and O–H groups in total. The first kappa shape index (κ1) is 19.2. The van der Waals surface area contributed by atoms with Crippen molar-refractivity contribution in [2.24, 2.45) is 0 Å². The van der Waals surface area contributed by atoms with Crippen LogP contribution in [0.15, 0.2) is 42.5 Å². The second-order valence-corrected chi connectivity index (χ2v) is 5.62. The lowest BCUT2D eigenvalue weighted by atomic mass is 10.2. The van der Waals surface area contributed by atoms with E-state index < -0.39 is 28.6 Å². The fourth-order valence-electron chi connectivity index (χ4n) is 2.02. The highest BCUT2D eigenvalue weighted by molar-refractivity contribution is 6.31. The standard InChI is InChI=1S/C17H15ClN2O6/c1-10(16(21)19-12-4-6-13(25-2)7-5-12)26-17(22)14-8-3-11(18)9-15(14)20(23)24/h3-10H,1-2H3,(H,19,21). The SMILES string of the molecule is COc1ccc(NC(=O)C(C)OC(=O)c2ccc(Cl)cc2[N+](=O)[O-])cc1. The van der Waals surface area contributed by atoms with Gasteiger partial charge >= 0.3 is 5.97 Å². The van der Waals surface area contributed by atoms with E-state index in [1.54, 1.807) is 24.3 Å². The van der Waals surface area contributed by atoms with Gasteiger partial charge in [0.05, 0.1) is 12.0 Å². The third kappa shape index (κ3) is 4.70. The van der Waals surface area contributed by atoms with Gasteiger partial charge in [-0.05, 0) is 43.3 Å². The number of methoxy groups -OCH3 is 1. The van der Waals surface area contributed by atoms with Crippen molar-refractivity contribution in [2.75, 3.05) is 12.4 Å². The normalized spacial score (nSPS) is 11.3. The first-order valence-corrected chi connectivity index (χ1v) is 7.79. The summed E-state index contributed by atoms with van der Waals surface area (Å²) in [5.41, 5.74) is -0.301.